The summed E-state index contributed by atoms with van der Waals surface area (Å²) in [5, 5.41) is 0. The first-order valence-corrected chi connectivity index (χ1v) is 4.81. The lowest BCUT2D eigenvalue weighted by atomic mass is 9.67. The van der Waals surface area contributed by atoms with Gasteiger partial charge in [0.05, 0.1) is 19.3 Å². The highest BCUT2D eigenvalue weighted by Crippen LogP contribution is 2.68. The quantitative estimate of drug-likeness (QED) is 0.465. The van der Waals surface area contributed by atoms with Crippen LogP contribution in [-0.4, -0.2) is 0 Å². The maximum Gasteiger partial charge on any atom is 0.113 e. The van der Waals surface area contributed by atoms with Crippen LogP contribution in [0.15, 0.2) is 0 Å². The molecule has 2 aliphatic carbocycles. The van der Waals surface area contributed by atoms with Crippen LogP contribution in [0.5, 0.6) is 0 Å². The molecular formula is C11H19+. The highest BCUT2D eigenvalue weighted by molar-refractivity contribution is 5.21. The Morgan fingerprint density at radius 2 is 1.91 bits per heavy atom. The monoisotopic (exact) mass is 151 g/mol. The van der Waals surface area contributed by atoms with E-state index in [-0.39, 0.29) is 0 Å². The first-order chi connectivity index (χ1) is 4.98. The van der Waals surface area contributed by atoms with Crippen molar-refractivity contribution in [3.8, 4) is 0 Å². The van der Waals surface area contributed by atoms with Gasteiger partial charge >= 0.3 is 0 Å². The van der Waals surface area contributed by atoms with E-state index in [4.69, 9.17) is 0 Å². The van der Waals surface area contributed by atoms with E-state index >= 15 is 0 Å². The van der Waals surface area contributed by atoms with Gasteiger partial charge in [0.15, 0.2) is 0 Å². The molecule has 2 unspecified atom stereocenters. The maximum atomic E-state index is 2.47. The standard InChI is InChI=1S/C11H19/c1-8-7-9-5-6-11(8,4)10(9,2)3/h9H,5-7H2,1-4H3/q+1. The summed E-state index contributed by atoms with van der Waals surface area (Å²) in [6.07, 6.45) is 4.32. The molecule has 0 N–H and O–H groups in total. The summed E-state index contributed by atoms with van der Waals surface area (Å²) in [6, 6.07) is 0. The highest BCUT2D eigenvalue weighted by Gasteiger charge is 2.67. The third-order valence-corrected chi connectivity index (χ3v) is 4.93. The molecule has 0 aromatic rings. The molecule has 2 atom stereocenters. The van der Waals surface area contributed by atoms with Crippen LogP contribution in [-0.2, 0) is 0 Å². The van der Waals surface area contributed by atoms with Gasteiger partial charge in [-0.15, -0.1) is 0 Å². The molecular weight excluding hydrogens is 132 g/mol. The fourth-order valence-corrected chi connectivity index (χ4v) is 3.31. The number of hydrogen-bond acceptors (Lipinski definition) is 0. The van der Waals surface area contributed by atoms with Crippen LogP contribution in [0.3, 0.4) is 0 Å². The molecule has 2 aliphatic rings. The number of fused-ring (bicyclic) bond motifs is 2. The maximum absolute atomic E-state index is 2.47. The van der Waals surface area contributed by atoms with E-state index in [1.165, 1.54) is 19.3 Å². The second-order valence-corrected chi connectivity index (χ2v) is 5.27. The molecule has 2 fully saturated rings. The highest BCUT2D eigenvalue weighted by atomic mass is 14.6. The molecule has 2 saturated carbocycles. The topological polar surface area (TPSA) is 0 Å². The van der Waals surface area contributed by atoms with Crippen LogP contribution in [0.25, 0.3) is 0 Å². The van der Waals surface area contributed by atoms with Crippen LogP contribution in [0.4, 0.5) is 0 Å². The normalized spacial score (nSPS) is 46.9. The van der Waals surface area contributed by atoms with Gasteiger partial charge in [-0.25, -0.2) is 0 Å². The lowest BCUT2D eigenvalue weighted by molar-refractivity contribution is 0.166. The first kappa shape index (κ1) is 7.52. The molecule has 0 amide bonds. The predicted molar refractivity (Wildman–Crippen MR) is 48.1 cm³/mol. The van der Waals surface area contributed by atoms with E-state index < -0.39 is 0 Å². The van der Waals surface area contributed by atoms with Crippen LogP contribution < -0.4 is 0 Å². The van der Waals surface area contributed by atoms with E-state index in [1.807, 2.05) is 0 Å². The molecule has 0 aromatic carbocycles. The lowest BCUT2D eigenvalue weighted by Gasteiger charge is -2.29. The Morgan fingerprint density at radius 3 is 2.09 bits per heavy atom. The zero-order chi connectivity index (χ0) is 8.28. The zero-order valence-electron chi connectivity index (χ0n) is 8.20. The summed E-state index contributed by atoms with van der Waals surface area (Å²) in [6.45, 7) is 9.75. The van der Waals surface area contributed by atoms with E-state index in [2.05, 4.69) is 27.7 Å². The van der Waals surface area contributed by atoms with Crippen molar-refractivity contribution >= 4 is 0 Å². The van der Waals surface area contributed by atoms with Crippen LogP contribution in [0.1, 0.15) is 47.0 Å². The third-order valence-electron chi connectivity index (χ3n) is 4.93. The van der Waals surface area contributed by atoms with Crippen LogP contribution in [0.2, 0.25) is 0 Å². The van der Waals surface area contributed by atoms with E-state index in [9.17, 15) is 0 Å². The molecule has 0 radical (unpaired) electrons. The largest absolute Gasteiger partial charge is 0.113 e. The van der Waals surface area contributed by atoms with Crippen molar-refractivity contribution in [3.63, 3.8) is 0 Å². The average Bonchev–Trinajstić information content (AvgIpc) is 2.20. The summed E-state index contributed by atoms with van der Waals surface area (Å²) < 4.78 is 0. The van der Waals surface area contributed by atoms with Gasteiger partial charge < -0.3 is 0 Å². The molecule has 11 heavy (non-hydrogen) atoms. The lowest BCUT2D eigenvalue weighted by Crippen LogP contribution is -2.29. The minimum Gasteiger partial charge on any atom is -0.0548 e. The summed E-state index contributed by atoms with van der Waals surface area (Å²) in [4.78, 5) is 0. The van der Waals surface area contributed by atoms with Gasteiger partial charge in [-0.1, -0.05) is 13.8 Å². The van der Waals surface area contributed by atoms with Gasteiger partial charge in [-0.2, -0.15) is 0 Å². The minimum absolute atomic E-state index is 0.581. The zero-order valence-corrected chi connectivity index (χ0v) is 8.20. The van der Waals surface area contributed by atoms with Crippen molar-refractivity contribution in [1.82, 2.24) is 0 Å². The third kappa shape index (κ3) is 0.641. The van der Waals surface area contributed by atoms with E-state index in [0.717, 1.165) is 5.92 Å². The first-order valence-electron chi connectivity index (χ1n) is 4.81. The fraction of sp³-hybridized carbons (Fsp3) is 0.909. The predicted octanol–water partition coefficient (Wildman–Crippen LogP) is 3.43. The summed E-state index contributed by atoms with van der Waals surface area (Å²) >= 11 is 0. The van der Waals surface area contributed by atoms with Crippen molar-refractivity contribution in [2.45, 2.75) is 47.0 Å². The second kappa shape index (κ2) is 1.78. The van der Waals surface area contributed by atoms with Crippen molar-refractivity contribution in [2.75, 3.05) is 0 Å². The molecule has 0 saturated heterocycles. The van der Waals surface area contributed by atoms with E-state index in [0.29, 0.717) is 10.8 Å². The second-order valence-electron chi connectivity index (χ2n) is 5.27. The smallest absolute Gasteiger partial charge is 0.0548 e. The van der Waals surface area contributed by atoms with Crippen LogP contribution in [0, 0.1) is 22.7 Å². The van der Waals surface area contributed by atoms with Gasteiger partial charge in [0.2, 0.25) is 0 Å². The molecule has 62 valence electrons. The Labute approximate surface area is 70.4 Å². The fourth-order valence-electron chi connectivity index (χ4n) is 3.31. The summed E-state index contributed by atoms with van der Waals surface area (Å²) in [5.41, 5.74) is 1.18. The van der Waals surface area contributed by atoms with Crippen LogP contribution >= 0.6 is 0 Å². The summed E-state index contributed by atoms with van der Waals surface area (Å²) in [5.74, 6) is 2.76. The van der Waals surface area contributed by atoms with Gasteiger partial charge in [0.1, 0.15) is 5.41 Å². The minimum atomic E-state index is 0.581. The van der Waals surface area contributed by atoms with Crippen molar-refractivity contribution in [3.05, 3.63) is 5.92 Å². The van der Waals surface area contributed by atoms with E-state index in [1.54, 1.807) is 5.92 Å². The Balaban J connectivity index is 2.40. The molecule has 0 heteroatoms. The van der Waals surface area contributed by atoms with Crippen molar-refractivity contribution in [2.24, 2.45) is 16.7 Å². The Hall–Kier alpha value is -0.130. The van der Waals surface area contributed by atoms with Gasteiger partial charge in [0.25, 0.3) is 0 Å². The summed E-state index contributed by atoms with van der Waals surface area (Å²) in [7, 11) is 0. The Kier molecular flexibility index (Phi) is 1.22. The van der Waals surface area contributed by atoms with Crippen molar-refractivity contribution < 1.29 is 0 Å². The van der Waals surface area contributed by atoms with Crippen molar-refractivity contribution in [1.29, 1.82) is 0 Å². The number of rotatable bonds is 0. The molecule has 0 nitrogen and oxygen atoms in total. The van der Waals surface area contributed by atoms with Gasteiger partial charge in [0, 0.05) is 11.3 Å². The average molecular weight is 151 g/mol. The molecule has 0 spiro atoms. The van der Waals surface area contributed by atoms with Gasteiger partial charge in [-0.05, 0) is 19.8 Å². The molecule has 0 heterocycles. The van der Waals surface area contributed by atoms with Gasteiger partial charge in [-0.3, -0.25) is 0 Å². The molecule has 2 rings (SSSR count). The number of hydrogen-bond donors (Lipinski definition) is 0. The SMILES string of the molecule is C[C+]1CC2CCC1(C)C2(C)C. The Bertz CT molecular complexity index is 180. The molecule has 0 aliphatic heterocycles. The molecule has 0 aromatic heterocycles. The Morgan fingerprint density at radius 1 is 1.27 bits per heavy atom. The molecule has 2 bridgehead atoms.